The van der Waals surface area contributed by atoms with Crippen LogP contribution in [0.1, 0.15) is 6.42 Å². The maximum atomic E-state index is 11.6. The predicted octanol–water partition coefficient (Wildman–Crippen LogP) is 0.771. The van der Waals surface area contributed by atoms with Crippen LogP contribution in [0.25, 0.3) is 0 Å². The van der Waals surface area contributed by atoms with Gasteiger partial charge in [-0.05, 0) is 18.3 Å². The van der Waals surface area contributed by atoms with Gasteiger partial charge in [0.25, 0.3) is 0 Å². The second-order valence-electron chi connectivity index (χ2n) is 4.05. The number of rotatable bonds is 2. The van der Waals surface area contributed by atoms with Crippen molar-refractivity contribution in [1.29, 1.82) is 0 Å². The molecule has 0 heterocycles. The van der Waals surface area contributed by atoms with Crippen molar-refractivity contribution < 1.29 is 19.1 Å². The molecule has 4 heteroatoms. The van der Waals surface area contributed by atoms with E-state index in [2.05, 4.69) is 0 Å². The summed E-state index contributed by atoms with van der Waals surface area (Å²) in [5.41, 5.74) is 0. The van der Waals surface area contributed by atoms with Crippen molar-refractivity contribution in [2.75, 3.05) is 14.2 Å². The number of hydrogen-bond donors (Lipinski definition) is 0. The Morgan fingerprint density at radius 1 is 1.00 bits per heavy atom. The molecule has 2 bridgehead atoms. The van der Waals surface area contributed by atoms with Crippen molar-refractivity contribution in [2.45, 2.75) is 6.42 Å². The lowest BCUT2D eigenvalue weighted by Crippen LogP contribution is -2.34. The molecule has 15 heavy (non-hydrogen) atoms. The number of esters is 2. The number of carbonyl (C=O) groups excluding carboxylic acids is 2. The molecule has 0 N–H and O–H groups in total. The molecule has 2 aliphatic rings. The van der Waals surface area contributed by atoms with E-state index in [1.165, 1.54) is 14.2 Å². The molecule has 0 aromatic carbocycles. The molecule has 4 atom stereocenters. The average molecular weight is 210 g/mol. The Labute approximate surface area is 88.2 Å². The van der Waals surface area contributed by atoms with E-state index in [-0.39, 0.29) is 35.6 Å². The van der Waals surface area contributed by atoms with Gasteiger partial charge in [-0.15, -0.1) is 0 Å². The number of methoxy groups -OCH3 is 2. The number of fused-ring (bicyclic) bond motifs is 2. The monoisotopic (exact) mass is 210 g/mol. The van der Waals surface area contributed by atoms with Crippen LogP contribution in [0.4, 0.5) is 0 Å². The van der Waals surface area contributed by atoms with Crippen molar-refractivity contribution in [1.82, 2.24) is 0 Å². The fourth-order valence-corrected chi connectivity index (χ4v) is 2.74. The Kier molecular flexibility index (Phi) is 2.50. The Morgan fingerprint density at radius 2 is 1.40 bits per heavy atom. The van der Waals surface area contributed by atoms with Gasteiger partial charge in [-0.2, -0.15) is 0 Å². The molecule has 4 nitrogen and oxygen atoms in total. The zero-order valence-corrected chi connectivity index (χ0v) is 8.80. The summed E-state index contributed by atoms with van der Waals surface area (Å²) in [6, 6.07) is 0. The van der Waals surface area contributed by atoms with Gasteiger partial charge in [0.1, 0.15) is 0 Å². The molecule has 2 rings (SSSR count). The van der Waals surface area contributed by atoms with Gasteiger partial charge >= 0.3 is 11.9 Å². The molecule has 0 saturated heterocycles. The summed E-state index contributed by atoms with van der Waals surface area (Å²) in [7, 11) is 2.71. The average Bonchev–Trinajstić information content (AvgIpc) is 2.86. The first kappa shape index (κ1) is 10.2. The highest BCUT2D eigenvalue weighted by Gasteiger charge is 2.52. The summed E-state index contributed by atoms with van der Waals surface area (Å²) in [4.78, 5) is 23.1. The van der Waals surface area contributed by atoms with Gasteiger partial charge in [-0.1, -0.05) is 12.2 Å². The lowest BCUT2D eigenvalue weighted by Gasteiger charge is -2.23. The molecule has 0 amide bonds. The molecule has 1 saturated carbocycles. The van der Waals surface area contributed by atoms with Crippen LogP contribution in [0.2, 0.25) is 0 Å². The summed E-state index contributed by atoms with van der Waals surface area (Å²) < 4.78 is 9.46. The summed E-state index contributed by atoms with van der Waals surface area (Å²) in [5, 5.41) is 0. The van der Waals surface area contributed by atoms with Gasteiger partial charge in [0.05, 0.1) is 26.1 Å². The van der Waals surface area contributed by atoms with Gasteiger partial charge in [-0.25, -0.2) is 0 Å². The molecule has 82 valence electrons. The number of hydrogen-bond acceptors (Lipinski definition) is 4. The van der Waals surface area contributed by atoms with Crippen molar-refractivity contribution >= 4 is 11.9 Å². The second-order valence-corrected chi connectivity index (χ2v) is 4.05. The smallest absolute Gasteiger partial charge is 0.310 e. The van der Waals surface area contributed by atoms with Crippen molar-refractivity contribution in [3.63, 3.8) is 0 Å². The summed E-state index contributed by atoms with van der Waals surface area (Å²) >= 11 is 0. The fourth-order valence-electron chi connectivity index (χ4n) is 2.74. The third-order valence-corrected chi connectivity index (χ3v) is 3.41. The van der Waals surface area contributed by atoms with Gasteiger partial charge in [0.15, 0.2) is 0 Å². The Hall–Kier alpha value is -1.32. The Morgan fingerprint density at radius 3 is 1.73 bits per heavy atom. The van der Waals surface area contributed by atoms with Crippen LogP contribution in [-0.4, -0.2) is 26.2 Å². The van der Waals surface area contributed by atoms with Gasteiger partial charge < -0.3 is 9.47 Å². The number of allylic oxidation sites excluding steroid dienone is 2. The summed E-state index contributed by atoms with van der Waals surface area (Å²) in [5.74, 6) is -1.02. The molecule has 2 unspecified atom stereocenters. The van der Waals surface area contributed by atoms with E-state index in [4.69, 9.17) is 9.47 Å². The molecule has 0 aromatic heterocycles. The normalized spacial score (nSPS) is 36.7. The molecular formula is C11H14O4. The highest BCUT2D eigenvalue weighted by molar-refractivity contribution is 5.84. The number of ether oxygens (including phenoxy) is 2. The van der Waals surface area contributed by atoms with Crippen LogP contribution in [0, 0.1) is 23.7 Å². The van der Waals surface area contributed by atoms with Gasteiger partial charge in [0.2, 0.25) is 0 Å². The SMILES string of the molecule is COC(=O)[C@@H]1C2C=CC(C2)[C@@H]1C(=O)OC. The van der Waals surface area contributed by atoms with Crippen LogP contribution < -0.4 is 0 Å². The fraction of sp³-hybridized carbons (Fsp3) is 0.636. The van der Waals surface area contributed by atoms with E-state index in [9.17, 15) is 9.59 Å². The third-order valence-electron chi connectivity index (χ3n) is 3.41. The maximum absolute atomic E-state index is 11.6. The molecule has 2 aliphatic carbocycles. The molecule has 1 fully saturated rings. The van der Waals surface area contributed by atoms with Crippen molar-refractivity contribution in [3.05, 3.63) is 12.2 Å². The number of carbonyl (C=O) groups is 2. The van der Waals surface area contributed by atoms with Crippen LogP contribution in [0.15, 0.2) is 12.2 Å². The minimum absolute atomic E-state index is 0.145. The Bertz CT molecular complexity index is 291. The summed E-state index contributed by atoms with van der Waals surface area (Å²) in [6.07, 6.45) is 4.87. The first-order valence-corrected chi connectivity index (χ1v) is 5.03. The van der Waals surface area contributed by atoms with Gasteiger partial charge in [-0.3, -0.25) is 9.59 Å². The summed E-state index contributed by atoms with van der Waals surface area (Å²) in [6.45, 7) is 0. The maximum Gasteiger partial charge on any atom is 0.310 e. The van der Waals surface area contributed by atoms with Crippen molar-refractivity contribution in [2.24, 2.45) is 23.7 Å². The second kappa shape index (κ2) is 3.68. The lowest BCUT2D eigenvalue weighted by atomic mass is 9.83. The Balaban J connectivity index is 2.24. The van der Waals surface area contributed by atoms with E-state index >= 15 is 0 Å². The van der Waals surface area contributed by atoms with E-state index in [1.54, 1.807) is 0 Å². The van der Waals surface area contributed by atoms with Crippen LogP contribution in [-0.2, 0) is 19.1 Å². The molecule has 0 aliphatic heterocycles. The van der Waals surface area contributed by atoms with E-state index in [1.807, 2.05) is 12.2 Å². The van der Waals surface area contributed by atoms with Gasteiger partial charge in [0, 0.05) is 0 Å². The highest BCUT2D eigenvalue weighted by Crippen LogP contribution is 2.48. The third kappa shape index (κ3) is 1.44. The molecule has 0 aromatic rings. The standard InChI is InChI=1S/C11H14O4/c1-14-10(12)8-6-3-4-7(5-6)9(8)11(13)15-2/h3-4,6-9H,5H2,1-2H3/t6?,7?,8-,9+. The van der Waals surface area contributed by atoms with E-state index in [0.717, 1.165) is 6.42 Å². The largest absolute Gasteiger partial charge is 0.469 e. The lowest BCUT2D eigenvalue weighted by molar-refractivity contribution is -0.158. The molecule has 0 radical (unpaired) electrons. The van der Waals surface area contributed by atoms with Crippen LogP contribution in [0.3, 0.4) is 0 Å². The minimum atomic E-state index is -0.350. The predicted molar refractivity (Wildman–Crippen MR) is 51.7 cm³/mol. The van der Waals surface area contributed by atoms with Crippen LogP contribution in [0.5, 0.6) is 0 Å². The first-order valence-electron chi connectivity index (χ1n) is 5.03. The topological polar surface area (TPSA) is 52.6 Å². The van der Waals surface area contributed by atoms with E-state index in [0.29, 0.717) is 0 Å². The van der Waals surface area contributed by atoms with E-state index < -0.39 is 0 Å². The molecule has 0 spiro atoms. The minimum Gasteiger partial charge on any atom is -0.469 e. The quantitative estimate of drug-likeness (QED) is 0.499. The first-order chi connectivity index (χ1) is 7.19. The van der Waals surface area contributed by atoms with Crippen LogP contribution >= 0.6 is 0 Å². The highest BCUT2D eigenvalue weighted by atomic mass is 16.5. The zero-order valence-electron chi connectivity index (χ0n) is 8.80. The van der Waals surface area contributed by atoms with Crippen molar-refractivity contribution in [3.8, 4) is 0 Å². The molecular weight excluding hydrogens is 196 g/mol. The zero-order chi connectivity index (χ0) is 11.0.